The summed E-state index contributed by atoms with van der Waals surface area (Å²) in [4.78, 5) is 0. The Morgan fingerprint density at radius 1 is 1.11 bits per heavy atom. The van der Waals surface area contributed by atoms with Crippen LogP contribution in [0.3, 0.4) is 0 Å². The normalized spacial score (nSPS) is 29.9. The molecule has 1 aliphatic carbocycles. The molecule has 0 aromatic heterocycles. The van der Waals surface area contributed by atoms with Crippen molar-refractivity contribution >= 4 is 0 Å². The highest BCUT2D eigenvalue weighted by Crippen LogP contribution is 2.39. The Kier molecular flexibility index (Phi) is 4.28. The zero-order valence-corrected chi connectivity index (χ0v) is 11.6. The first-order chi connectivity index (χ1) is 8.61. The first kappa shape index (κ1) is 13.4. The summed E-state index contributed by atoms with van der Waals surface area (Å²) in [7, 11) is 1.66. The van der Waals surface area contributed by atoms with Gasteiger partial charge in [0.05, 0.1) is 13.2 Å². The molecule has 1 saturated carbocycles. The molecule has 0 spiro atoms. The van der Waals surface area contributed by atoms with E-state index >= 15 is 0 Å². The molecule has 0 aliphatic heterocycles. The molecule has 1 aromatic carbocycles. The van der Waals surface area contributed by atoms with Crippen molar-refractivity contribution in [3.63, 3.8) is 0 Å². The van der Waals surface area contributed by atoms with Crippen LogP contribution in [0.2, 0.25) is 0 Å². The maximum Gasteiger partial charge on any atom is 0.118 e. The van der Waals surface area contributed by atoms with Crippen LogP contribution in [0.4, 0.5) is 0 Å². The Bertz CT molecular complexity index is 371. The first-order valence-corrected chi connectivity index (χ1v) is 6.93. The highest BCUT2D eigenvalue weighted by Gasteiger charge is 2.29. The van der Waals surface area contributed by atoms with Gasteiger partial charge in [-0.2, -0.15) is 0 Å². The maximum absolute atomic E-state index is 10.5. The van der Waals surface area contributed by atoms with Gasteiger partial charge in [0.1, 0.15) is 5.75 Å². The average Bonchev–Trinajstić information content (AvgIpc) is 2.41. The van der Waals surface area contributed by atoms with E-state index in [0.29, 0.717) is 5.92 Å². The predicted molar refractivity (Wildman–Crippen MR) is 73.6 cm³/mol. The molecule has 1 N–H and O–H groups in total. The van der Waals surface area contributed by atoms with E-state index in [2.05, 4.69) is 13.8 Å². The molecule has 2 nitrogen and oxygen atoms in total. The maximum atomic E-state index is 10.5. The summed E-state index contributed by atoms with van der Waals surface area (Å²) in [6, 6.07) is 7.80. The van der Waals surface area contributed by atoms with Crippen molar-refractivity contribution < 1.29 is 9.84 Å². The lowest BCUT2D eigenvalue weighted by Gasteiger charge is -2.34. The lowest BCUT2D eigenvalue weighted by atomic mass is 9.73. The van der Waals surface area contributed by atoms with Crippen molar-refractivity contribution in [2.45, 2.75) is 39.2 Å². The first-order valence-electron chi connectivity index (χ1n) is 6.93. The molecule has 0 radical (unpaired) electrons. The van der Waals surface area contributed by atoms with Crippen LogP contribution in [0, 0.1) is 17.8 Å². The Balaban J connectivity index is 2.03. The van der Waals surface area contributed by atoms with Crippen LogP contribution in [0.25, 0.3) is 0 Å². The van der Waals surface area contributed by atoms with Gasteiger partial charge in [0.25, 0.3) is 0 Å². The van der Waals surface area contributed by atoms with Gasteiger partial charge >= 0.3 is 0 Å². The predicted octanol–water partition coefficient (Wildman–Crippen LogP) is 3.80. The lowest BCUT2D eigenvalue weighted by Crippen LogP contribution is -2.25. The van der Waals surface area contributed by atoms with Gasteiger partial charge in [-0.1, -0.05) is 32.4 Å². The zero-order chi connectivity index (χ0) is 13.1. The second-order valence-electron chi connectivity index (χ2n) is 5.75. The third-order valence-corrected chi connectivity index (χ3v) is 4.54. The smallest absolute Gasteiger partial charge is 0.118 e. The highest BCUT2D eigenvalue weighted by atomic mass is 16.5. The van der Waals surface area contributed by atoms with Crippen molar-refractivity contribution in [1.29, 1.82) is 0 Å². The molecule has 2 heteroatoms. The van der Waals surface area contributed by atoms with E-state index in [9.17, 15) is 5.11 Å². The largest absolute Gasteiger partial charge is 0.497 e. The molecule has 0 bridgehead atoms. The number of methoxy groups -OCH3 is 1. The Morgan fingerprint density at radius 3 is 2.33 bits per heavy atom. The topological polar surface area (TPSA) is 29.5 Å². The molecular formula is C16H24O2. The van der Waals surface area contributed by atoms with Gasteiger partial charge in [0.2, 0.25) is 0 Å². The summed E-state index contributed by atoms with van der Waals surface area (Å²) in [5.74, 6) is 2.77. The monoisotopic (exact) mass is 248 g/mol. The molecule has 1 aliphatic rings. The summed E-state index contributed by atoms with van der Waals surface area (Å²) in [6.07, 6.45) is 3.18. The molecule has 100 valence electrons. The van der Waals surface area contributed by atoms with E-state index in [-0.39, 0.29) is 6.10 Å². The number of aliphatic hydroxyl groups excluding tert-OH is 1. The van der Waals surface area contributed by atoms with Gasteiger partial charge in [-0.05, 0) is 48.3 Å². The van der Waals surface area contributed by atoms with Crippen LogP contribution < -0.4 is 4.74 Å². The summed E-state index contributed by atoms with van der Waals surface area (Å²) in [5.41, 5.74) is 1.02. The van der Waals surface area contributed by atoms with Crippen molar-refractivity contribution in [2.24, 2.45) is 17.8 Å². The Morgan fingerprint density at radius 2 is 1.78 bits per heavy atom. The molecule has 0 amide bonds. The van der Waals surface area contributed by atoms with E-state index in [1.807, 2.05) is 24.3 Å². The lowest BCUT2D eigenvalue weighted by molar-refractivity contribution is 0.0561. The standard InChI is InChI=1S/C16H24O2/c1-11-4-5-14(10-12(11)2)16(17)13-6-8-15(18-3)9-7-13/h6-9,11-12,14,16-17H,4-5,10H2,1-3H3. The number of hydrogen-bond acceptors (Lipinski definition) is 2. The third kappa shape index (κ3) is 2.86. The molecular weight excluding hydrogens is 224 g/mol. The van der Waals surface area contributed by atoms with E-state index in [0.717, 1.165) is 36.0 Å². The minimum atomic E-state index is -0.328. The minimum Gasteiger partial charge on any atom is -0.497 e. The van der Waals surface area contributed by atoms with Crippen molar-refractivity contribution in [3.8, 4) is 5.75 Å². The molecule has 18 heavy (non-hydrogen) atoms. The van der Waals surface area contributed by atoms with Gasteiger partial charge in [-0.15, -0.1) is 0 Å². The molecule has 1 aromatic rings. The Hall–Kier alpha value is -1.02. The van der Waals surface area contributed by atoms with Gasteiger partial charge in [0, 0.05) is 0 Å². The van der Waals surface area contributed by atoms with Crippen LogP contribution in [0.1, 0.15) is 44.8 Å². The van der Waals surface area contributed by atoms with Crippen LogP contribution >= 0.6 is 0 Å². The molecule has 0 saturated heterocycles. The number of aliphatic hydroxyl groups is 1. The second-order valence-corrected chi connectivity index (χ2v) is 5.75. The van der Waals surface area contributed by atoms with Crippen LogP contribution in [0.5, 0.6) is 5.75 Å². The van der Waals surface area contributed by atoms with Crippen molar-refractivity contribution in [3.05, 3.63) is 29.8 Å². The number of benzene rings is 1. The van der Waals surface area contributed by atoms with Crippen LogP contribution in [-0.2, 0) is 0 Å². The number of rotatable bonds is 3. The Labute approximate surface area is 110 Å². The summed E-state index contributed by atoms with van der Waals surface area (Å²) >= 11 is 0. The zero-order valence-electron chi connectivity index (χ0n) is 11.6. The van der Waals surface area contributed by atoms with Crippen molar-refractivity contribution in [2.75, 3.05) is 7.11 Å². The van der Waals surface area contributed by atoms with Gasteiger partial charge in [-0.25, -0.2) is 0 Å². The fourth-order valence-corrected chi connectivity index (χ4v) is 2.95. The molecule has 4 atom stereocenters. The van der Waals surface area contributed by atoms with Gasteiger partial charge in [0.15, 0.2) is 0 Å². The SMILES string of the molecule is COc1ccc(C(O)C2CCC(C)C(C)C2)cc1. The molecule has 4 unspecified atom stereocenters. The number of hydrogen-bond donors (Lipinski definition) is 1. The van der Waals surface area contributed by atoms with E-state index in [1.54, 1.807) is 7.11 Å². The highest BCUT2D eigenvalue weighted by molar-refractivity contribution is 5.28. The minimum absolute atomic E-state index is 0.328. The van der Waals surface area contributed by atoms with Crippen molar-refractivity contribution in [1.82, 2.24) is 0 Å². The molecule has 1 fully saturated rings. The van der Waals surface area contributed by atoms with E-state index in [1.165, 1.54) is 6.42 Å². The molecule has 0 heterocycles. The summed E-state index contributed by atoms with van der Waals surface area (Å²) in [6.45, 7) is 4.62. The summed E-state index contributed by atoms with van der Waals surface area (Å²) in [5, 5.41) is 10.5. The third-order valence-electron chi connectivity index (χ3n) is 4.54. The fraction of sp³-hybridized carbons (Fsp3) is 0.625. The molecule has 2 rings (SSSR count). The van der Waals surface area contributed by atoms with Crippen LogP contribution in [0.15, 0.2) is 24.3 Å². The number of ether oxygens (including phenoxy) is 1. The van der Waals surface area contributed by atoms with Gasteiger partial charge in [-0.3, -0.25) is 0 Å². The van der Waals surface area contributed by atoms with E-state index < -0.39 is 0 Å². The quantitative estimate of drug-likeness (QED) is 0.881. The second kappa shape index (κ2) is 5.75. The van der Waals surface area contributed by atoms with E-state index in [4.69, 9.17) is 4.74 Å². The summed E-state index contributed by atoms with van der Waals surface area (Å²) < 4.78 is 5.14. The van der Waals surface area contributed by atoms with Crippen LogP contribution in [-0.4, -0.2) is 12.2 Å². The fourth-order valence-electron chi connectivity index (χ4n) is 2.95. The average molecular weight is 248 g/mol. The van der Waals surface area contributed by atoms with Gasteiger partial charge < -0.3 is 9.84 Å².